The van der Waals surface area contributed by atoms with Crippen LogP contribution in [0.1, 0.15) is 33.1 Å². The van der Waals surface area contributed by atoms with Crippen LogP contribution in [0.3, 0.4) is 0 Å². The molecule has 1 amide bonds. The molecule has 0 radical (unpaired) electrons. The highest BCUT2D eigenvalue weighted by Gasteiger charge is 2.33. The van der Waals surface area contributed by atoms with E-state index in [-0.39, 0.29) is 11.0 Å². The third kappa shape index (κ3) is 4.56. The highest BCUT2D eigenvalue weighted by atomic mass is 32.1. The number of hydrogen-bond acceptors (Lipinski definition) is 3. The van der Waals surface area contributed by atoms with Crippen LogP contribution < -0.4 is 15.4 Å². The average Bonchev–Trinajstić information content (AvgIpc) is 2.52. The summed E-state index contributed by atoms with van der Waals surface area (Å²) in [6.07, 6.45) is 3.89. The summed E-state index contributed by atoms with van der Waals surface area (Å²) in [5, 5.41) is 6.08. The van der Waals surface area contributed by atoms with Gasteiger partial charge in [-0.05, 0) is 43.6 Å². The minimum Gasteiger partial charge on any atom is -0.497 e. The molecule has 5 heteroatoms. The maximum atomic E-state index is 12.5. The molecule has 0 aromatic heterocycles. The van der Waals surface area contributed by atoms with Gasteiger partial charge in [-0.2, -0.15) is 0 Å². The molecule has 0 aliphatic carbocycles. The molecule has 0 heterocycles. The van der Waals surface area contributed by atoms with Gasteiger partial charge in [0, 0.05) is 11.8 Å². The Balaban J connectivity index is 2.74. The first kappa shape index (κ1) is 18.2. The molecule has 0 fully saturated rings. The number of benzene rings is 1. The smallest absolute Gasteiger partial charge is 0.232 e. The molecule has 0 saturated carbocycles. The fraction of sp³-hybridized carbons (Fsp3) is 0.412. The van der Waals surface area contributed by atoms with Crippen LogP contribution in [-0.2, 0) is 4.79 Å². The Morgan fingerprint density at radius 3 is 2.64 bits per heavy atom. The van der Waals surface area contributed by atoms with Gasteiger partial charge in [-0.3, -0.25) is 4.79 Å². The Bertz CT molecular complexity index is 539. The fourth-order valence-corrected chi connectivity index (χ4v) is 2.54. The lowest BCUT2D eigenvalue weighted by Gasteiger charge is -2.29. The molecule has 0 atom stereocenters. The summed E-state index contributed by atoms with van der Waals surface area (Å²) < 4.78 is 5.16. The molecule has 4 nitrogen and oxygen atoms in total. The summed E-state index contributed by atoms with van der Waals surface area (Å²) in [5.41, 5.74) is 0.314. The van der Waals surface area contributed by atoms with E-state index in [0.29, 0.717) is 6.42 Å². The van der Waals surface area contributed by atoms with Crippen LogP contribution in [0.5, 0.6) is 5.75 Å². The van der Waals surface area contributed by atoms with Crippen molar-refractivity contribution in [3.05, 3.63) is 36.9 Å². The average molecular weight is 320 g/mol. The first-order valence-corrected chi connectivity index (χ1v) is 7.79. The van der Waals surface area contributed by atoms with E-state index in [1.165, 1.54) is 0 Å². The van der Waals surface area contributed by atoms with E-state index in [9.17, 15) is 4.79 Å². The van der Waals surface area contributed by atoms with E-state index in [4.69, 9.17) is 17.0 Å². The van der Waals surface area contributed by atoms with Crippen molar-refractivity contribution in [1.29, 1.82) is 0 Å². The molecule has 1 aromatic rings. The van der Waals surface area contributed by atoms with Crippen molar-refractivity contribution >= 4 is 28.9 Å². The van der Waals surface area contributed by atoms with Crippen molar-refractivity contribution in [2.24, 2.45) is 5.41 Å². The first-order valence-electron chi connectivity index (χ1n) is 7.38. The Hall–Kier alpha value is -1.88. The third-order valence-corrected chi connectivity index (χ3v) is 4.13. The van der Waals surface area contributed by atoms with Crippen molar-refractivity contribution in [2.45, 2.75) is 33.1 Å². The second-order valence-corrected chi connectivity index (χ2v) is 5.53. The molecule has 1 aromatic carbocycles. The number of nitrogens with one attached hydrogen (secondary N) is 2. The summed E-state index contributed by atoms with van der Waals surface area (Å²) in [6.45, 7) is 7.76. The van der Waals surface area contributed by atoms with E-state index in [2.05, 4.69) is 17.2 Å². The fourth-order valence-electron chi connectivity index (χ4n) is 2.33. The number of amides is 1. The molecular weight excluding hydrogens is 296 g/mol. The maximum Gasteiger partial charge on any atom is 0.232 e. The van der Waals surface area contributed by atoms with Crippen LogP contribution in [-0.4, -0.2) is 18.1 Å². The quantitative estimate of drug-likeness (QED) is 0.591. The number of carbonyl (C=O) groups excluding carboxylic acids is 1. The third-order valence-electron chi connectivity index (χ3n) is 3.92. The summed E-state index contributed by atoms with van der Waals surface area (Å²) in [7, 11) is 1.60. The molecule has 0 unspecified atom stereocenters. The molecule has 120 valence electrons. The lowest BCUT2D eigenvalue weighted by atomic mass is 9.78. The number of methoxy groups -OCH3 is 1. The van der Waals surface area contributed by atoms with Gasteiger partial charge in [0.1, 0.15) is 5.75 Å². The molecule has 0 spiro atoms. The minimum absolute atomic E-state index is 0.0715. The summed E-state index contributed by atoms with van der Waals surface area (Å²) in [6, 6.07) is 7.37. The van der Waals surface area contributed by atoms with Crippen molar-refractivity contribution in [1.82, 2.24) is 5.32 Å². The molecule has 22 heavy (non-hydrogen) atoms. The molecule has 0 saturated heterocycles. The van der Waals surface area contributed by atoms with E-state index >= 15 is 0 Å². The number of thiocarbonyl (C=S) groups is 1. The van der Waals surface area contributed by atoms with E-state index < -0.39 is 5.41 Å². The van der Waals surface area contributed by atoms with Gasteiger partial charge in [0.25, 0.3) is 0 Å². The largest absolute Gasteiger partial charge is 0.497 e. The number of carbonyl (C=O) groups is 1. The minimum atomic E-state index is -0.456. The molecule has 0 aliphatic heterocycles. The van der Waals surface area contributed by atoms with Crippen LogP contribution in [0.25, 0.3) is 0 Å². The normalized spacial score (nSPS) is 10.7. The van der Waals surface area contributed by atoms with Crippen molar-refractivity contribution < 1.29 is 9.53 Å². The molecule has 2 N–H and O–H groups in total. The lowest BCUT2D eigenvalue weighted by molar-refractivity contribution is -0.129. The Morgan fingerprint density at radius 2 is 2.09 bits per heavy atom. The van der Waals surface area contributed by atoms with Crippen molar-refractivity contribution in [3.63, 3.8) is 0 Å². The zero-order valence-electron chi connectivity index (χ0n) is 13.4. The predicted molar refractivity (Wildman–Crippen MR) is 95.2 cm³/mol. The topological polar surface area (TPSA) is 50.4 Å². The standard InChI is InChI=1S/C17H24N2O2S/c1-5-11-17(6-2,7-3)15(20)19-16(22)18-13-9-8-10-14(12-13)21-4/h5,8-10,12H,1,6-7,11H2,2-4H3,(H2,18,19,20,22). The zero-order chi connectivity index (χ0) is 16.6. The Kier molecular flexibility index (Phi) is 7.05. The number of anilines is 1. The van der Waals surface area contributed by atoms with Crippen LogP contribution in [0.15, 0.2) is 36.9 Å². The van der Waals surface area contributed by atoms with Crippen LogP contribution in [0.4, 0.5) is 5.69 Å². The van der Waals surface area contributed by atoms with Gasteiger partial charge in [0.2, 0.25) is 5.91 Å². The Morgan fingerprint density at radius 1 is 1.41 bits per heavy atom. The van der Waals surface area contributed by atoms with Crippen LogP contribution in [0, 0.1) is 5.41 Å². The van der Waals surface area contributed by atoms with Gasteiger partial charge in [-0.1, -0.05) is 26.0 Å². The highest BCUT2D eigenvalue weighted by molar-refractivity contribution is 7.80. The number of ether oxygens (including phenoxy) is 1. The first-order chi connectivity index (χ1) is 10.5. The van der Waals surface area contributed by atoms with Gasteiger partial charge >= 0.3 is 0 Å². The monoisotopic (exact) mass is 320 g/mol. The lowest BCUT2D eigenvalue weighted by Crippen LogP contribution is -2.44. The van der Waals surface area contributed by atoms with E-state index in [1.807, 2.05) is 38.1 Å². The molecule has 0 bridgehead atoms. The van der Waals surface area contributed by atoms with Gasteiger partial charge in [0.15, 0.2) is 5.11 Å². The highest BCUT2D eigenvalue weighted by Crippen LogP contribution is 2.31. The Labute approximate surface area is 137 Å². The number of hydrogen-bond donors (Lipinski definition) is 2. The van der Waals surface area contributed by atoms with Gasteiger partial charge in [-0.15, -0.1) is 6.58 Å². The van der Waals surface area contributed by atoms with Gasteiger partial charge in [0.05, 0.1) is 12.5 Å². The molecular formula is C17H24N2O2S. The summed E-state index contributed by atoms with van der Waals surface area (Å²) in [4.78, 5) is 12.5. The van der Waals surface area contributed by atoms with Crippen LogP contribution >= 0.6 is 12.2 Å². The number of rotatable bonds is 7. The number of allylic oxidation sites excluding steroid dienone is 1. The zero-order valence-corrected chi connectivity index (χ0v) is 14.3. The SMILES string of the molecule is C=CCC(CC)(CC)C(=O)NC(=S)Nc1cccc(OC)c1. The summed E-state index contributed by atoms with van der Waals surface area (Å²) >= 11 is 5.23. The second-order valence-electron chi connectivity index (χ2n) is 5.12. The van der Waals surface area contributed by atoms with E-state index in [1.54, 1.807) is 13.2 Å². The van der Waals surface area contributed by atoms with Gasteiger partial charge in [-0.25, -0.2) is 0 Å². The summed E-state index contributed by atoms with van der Waals surface area (Å²) in [5.74, 6) is 0.653. The maximum absolute atomic E-state index is 12.5. The second kappa shape index (κ2) is 8.54. The predicted octanol–water partition coefficient (Wildman–Crippen LogP) is 3.89. The van der Waals surface area contributed by atoms with Gasteiger partial charge < -0.3 is 15.4 Å². The molecule has 1 rings (SSSR count). The van der Waals surface area contributed by atoms with E-state index in [0.717, 1.165) is 24.3 Å². The molecule has 0 aliphatic rings. The van der Waals surface area contributed by atoms with Crippen molar-refractivity contribution in [3.8, 4) is 5.75 Å². The van der Waals surface area contributed by atoms with Crippen LogP contribution in [0.2, 0.25) is 0 Å². The van der Waals surface area contributed by atoms with Crippen molar-refractivity contribution in [2.75, 3.05) is 12.4 Å².